The number of thioether (sulfide) groups is 1. The number of amides is 1. The van der Waals surface area contributed by atoms with Crippen molar-refractivity contribution in [3.63, 3.8) is 0 Å². The smallest absolute Gasteiger partial charge is 0.227 e. The summed E-state index contributed by atoms with van der Waals surface area (Å²) in [5, 5.41) is 0.830. The van der Waals surface area contributed by atoms with Gasteiger partial charge in [-0.1, -0.05) is 41.6 Å². The van der Waals surface area contributed by atoms with Crippen LogP contribution in [0.5, 0.6) is 0 Å². The van der Waals surface area contributed by atoms with Gasteiger partial charge in [0, 0.05) is 6.54 Å². The molecule has 100 valence electrons. The van der Waals surface area contributed by atoms with Crippen LogP contribution in [0.2, 0.25) is 0 Å². The van der Waals surface area contributed by atoms with Gasteiger partial charge in [0.05, 0.1) is 17.6 Å². The summed E-state index contributed by atoms with van der Waals surface area (Å²) >= 11 is 1.38. The monoisotopic (exact) mass is 275 g/mol. The van der Waals surface area contributed by atoms with Crippen LogP contribution in [0.15, 0.2) is 35.6 Å². The molecule has 0 atom stereocenters. The maximum absolute atomic E-state index is 10.9. The summed E-state index contributed by atoms with van der Waals surface area (Å²) < 4.78 is 2.10. The molecule has 0 fully saturated rings. The van der Waals surface area contributed by atoms with Crippen molar-refractivity contribution in [3.8, 4) is 11.3 Å². The molecule has 0 bridgehead atoms. The first kappa shape index (κ1) is 13.7. The Balaban J connectivity index is 2.31. The minimum atomic E-state index is -0.326. The largest absolute Gasteiger partial charge is 0.369 e. The molecule has 1 aromatic heterocycles. The SMILES string of the molecule is CCn1c(-c2ccc(C)cc2)cnc1SCC(N)=O. The molecule has 1 heterocycles. The second-order valence-corrected chi connectivity index (χ2v) is 5.23. The van der Waals surface area contributed by atoms with Gasteiger partial charge in [-0.25, -0.2) is 4.98 Å². The predicted molar refractivity (Wildman–Crippen MR) is 78.0 cm³/mol. The van der Waals surface area contributed by atoms with Crippen molar-refractivity contribution in [3.05, 3.63) is 36.0 Å². The van der Waals surface area contributed by atoms with E-state index in [0.29, 0.717) is 0 Å². The van der Waals surface area contributed by atoms with Crippen molar-refractivity contribution in [1.82, 2.24) is 9.55 Å². The number of hydrogen-bond acceptors (Lipinski definition) is 3. The zero-order valence-corrected chi connectivity index (χ0v) is 11.9. The Labute approximate surface area is 117 Å². The van der Waals surface area contributed by atoms with Crippen molar-refractivity contribution in [2.45, 2.75) is 25.5 Å². The predicted octanol–water partition coefficient (Wildman–Crippen LogP) is 2.46. The Hall–Kier alpha value is -1.75. The number of primary amides is 1. The second kappa shape index (κ2) is 5.93. The van der Waals surface area contributed by atoms with Gasteiger partial charge in [0.15, 0.2) is 5.16 Å². The quantitative estimate of drug-likeness (QED) is 0.853. The summed E-state index contributed by atoms with van der Waals surface area (Å²) in [6.07, 6.45) is 1.84. The molecule has 1 amide bonds. The zero-order valence-electron chi connectivity index (χ0n) is 11.1. The van der Waals surface area contributed by atoms with Gasteiger partial charge >= 0.3 is 0 Å². The van der Waals surface area contributed by atoms with Crippen LogP contribution in [0.1, 0.15) is 12.5 Å². The van der Waals surface area contributed by atoms with E-state index in [4.69, 9.17) is 5.73 Å². The standard InChI is InChI=1S/C14H17N3OS/c1-3-17-12(11-6-4-10(2)5-7-11)8-16-14(17)19-9-13(15)18/h4-8H,3,9H2,1-2H3,(H2,15,18). The minimum Gasteiger partial charge on any atom is -0.369 e. The van der Waals surface area contributed by atoms with Gasteiger partial charge < -0.3 is 10.3 Å². The Morgan fingerprint density at radius 3 is 2.63 bits per heavy atom. The summed E-state index contributed by atoms with van der Waals surface area (Å²) in [5.41, 5.74) is 8.60. The number of benzene rings is 1. The molecule has 19 heavy (non-hydrogen) atoms. The number of carbonyl (C=O) groups excluding carboxylic acids is 1. The fourth-order valence-electron chi connectivity index (χ4n) is 1.87. The summed E-state index contributed by atoms with van der Waals surface area (Å²) in [5.74, 6) is -0.0720. The number of carbonyl (C=O) groups is 1. The second-order valence-electron chi connectivity index (χ2n) is 4.29. The molecule has 2 rings (SSSR count). The Kier molecular flexibility index (Phi) is 4.27. The normalized spacial score (nSPS) is 10.6. The summed E-state index contributed by atoms with van der Waals surface area (Å²) in [6.45, 7) is 4.94. The molecule has 4 nitrogen and oxygen atoms in total. The van der Waals surface area contributed by atoms with Gasteiger partial charge in [-0.15, -0.1) is 0 Å². The highest BCUT2D eigenvalue weighted by Gasteiger charge is 2.11. The number of hydrogen-bond donors (Lipinski definition) is 1. The van der Waals surface area contributed by atoms with Crippen LogP contribution in [0.4, 0.5) is 0 Å². The maximum Gasteiger partial charge on any atom is 0.227 e. The van der Waals surface area contributed by atoms with E-state index in [0.717, 1.165) is 23.0 Å². The highest BCUT2D eigenvalue weighted by atomic mass is 32.2. The fourth-order valence-corrected chi connectivity index (χ4v) is 2.65. The molecule has 2 aromatic rings. The van der Waals surface area contributed by atoms with Gasteiger partial charge in [-0.3, -0.25) is 4.79 Å². The highest BCUT2D eigenvalue weighted by Crippen LogP contribution is 2.26. The Bertz CT molecular complexity index is 575. The average Bonchev–Trinajstić information content (AvgIpc) is 2.80. The Morgan fingerprint density at radius 2 is 2.05 bits per heavy atom. The van der Waals surface area contributed by atoms with E-state index < -0.39 is 0 Å². The minimum absolute atomic E-state index is 0.254. The molecule has 5 heteroatoms. The van der Waals surface area contributed by atoms with Crippen LogP contribution in [-0.4, -0.2) is 21.2 Å². The van der Waals surface area contributed by atoms with Gasteiger partial charge in [0.25, 0.3) is 0 Å². The van der Waals surface area contributed by atoms with Crippen LogP contribution >= 0.6 is 11.8 Å². The van der Waals surface area contributed by atoms with Crippen molar-refractivity contribution >= 4 is 17.7 Å². The molecule has 0 radical (unpaired) electrons. The Morgan fingerprint density at radius 1 is 1.37 bits per heavy atom. The first-order chi connectivity index (χ1) is 9.11. The summed E-state index contributed by atoms with van der Waals surface area (Å²) in [6, 6.07) is 8.33. The molecule has 0 aliphatic rings. The topological polar surface area (TPSA) is 60.9 Å². The molecule has 0 unspecified atom stereocenters. The van der Waals surface area contributed by atoms with Gasteiger partial charge in [-0.05, 0) is 19.4 Å². The summed E-state index contributed by atoms with van der Waals surface area (Å²) in [7, 11) is 0. The van der Waals surface area contributed by atoms with Gasteiger partial charge in [0.1, 0.15) is 0 Å². The van der Waals surface area contributed by atoms with E-state index >= 15 is 0 Å². The molecule has 0 aliphatic heterocycles. The third-order valence-corrected chi connectivity index (χ3v) is 3.84. The molecule has 0 spiro atoms. The number of imidazole rings is 1. The van der Waals surface area contributed by atoms with E-state index in [-0.39, 0.29) is 11.7 Å². The lowest BCUT2D eigenvalue weighted by molar-refractivity contribution is -0.115. The number of rotatable bonds is 5. The fraction of sp³-hybridized carbons (Fsp3) is 0.286. The number of nitrogens with two attached hydrogens (primary N) is 1. The van der Waals surface area contributed by atoms with Gasteiger partial charge in [-0.2, -0.15) is 0 Å². The zero-order chi connectivity index (χ0) is 13.8. The molecular formula is C14H17N3OS. The van der Waals surface area contributed by atoms with E-state index in [9.17, 15) is 4.79 Å². The molecule has 0 saturated carbocycles. The number of aromatic nitrogens is 2. The average molecular weight is 275 g/mol. The van der Waals surface area contributed by atoms with Crippen molar-refractivity contribution in [2.24, 2.45) is 5.73 Å². The van der Waals surface area contributed by atoms with Crippen LogP contribution in [0.25, 0.3) is 11.3 Å². The number of aryl methyl sites for hydroxylation is 1. The first-order valence-corrected chi connectivity index (χ1v) is 7.14. The molecule has 2 N–H and O–H groups in total. The van der Waals surface area contributed by atoms with Crippen LogP contribution < -0.4 is 5.73 Å². The van der Waals surface area contributed by atoms with E-state index in [1.807, 2.05) is 6.20 Å². The van der Waals surface area contributed by atoms with Crippen LogP contribution in [-0.2, 0) is 11.3 Å². The van der Waals surface area contributed by atoms with E-state index in [1.54, 1.807) is 0 Å². The highest BCUT2D eigenvalue weighted by molar-refractivity contribution is 7.99. The summed E-state index contributed by atoms with van der Waals surface area (Å²) in [4.78, 5) is 15.2. The third-order valence-electron chi connectivity index (χ3n) is 2.83. The lowest BCUT2D eigenvalue weighted by Crippen LogP contribution is -2.13. The molecule has 1 aromatic carbocycles. The molecule has 0 saturated heterocycles. The van der Waals surface area contributed by atoms with Crippen molar-refractivity contribution in [2.75, 3.05) is 5.75 Å². The lowest BCUT2D eigenvalue weighted by atomic mass is 10.1. The van der Waals surface area contributed by atoms with Crippen molar-refractivity contribution in [1.29, 1.82) is 0 Å². The van der Waals surface area contributed by atoms with E-state index in [1.165, 1.54) is 17.3 Å². The molecular weight excluding hydrogens is 258 g/mol. The first-order valence-electron chi connectivity index (χ1n) is 6.15. The van der Waals surface area contributed by atoms with E-state index in [2.05, 4.69) is 47.7 Å². The van der Waals surface area contributed by atoms with Gasteiger partial charge in [0.2, 0.25) is 5.91 Å². The number of nitrogens with zero attached hydrogens (tertiary/aromatic N) is 2. The van der Waals surface area contributed by atoms with Crippen molar-refractivity contribution < 1.29 is 4.79 Å². The van der Waals surface area contributed by atoms with Crippen LogP contribution in [0, 0.1) is 6.92 Å². The maximum atomic E-state index is 10.9. The lowest BCUT2D eigenvalue weighted by Gasteiger charge is -2.09. The van der Waals surface area contributed by atoms with Crippen LogP contribution in [0.3, 0.4) is 0 Å². The molecule has 0 aliphatic carbocycles. The third kappa shape index (κ3) is 3.17.